The third-order valence-corrected chi connectivity index (χ3v) is 6.75. The summed E-state index contributed by atoms with van der Waals surface area (Å²) in [7, 11) is 2.92. The number of phenolic OH excluding ortho intramolecular Hbond substituents is 1. The zero-order valence-corrected chi connectivity index (χ0v) is 18.7. The van der Waals surface area contributed by atoms with E-state index in [9.17, 15) is 14.7 Å². The molecule has 2 saturated heterocycles. The van der Waals surface area contributed by atoms with Gasteiger partial charge in [-0.05, 0) is 42.2 Å². The number of aromatic amines is 1. The minimum atomic E-state index is -0.614. The van der Waals surface area contributed by atoms with Gasteiger partial charge in [0.2, 0.25) is 17.6 Å². The number of hydrogen-bond acceptors (Lipinski definition) is 5. The van der Waals surface area contributed by atoms with Crippen molar-refractivity contribution in [2.75, 3.05) is 20.8 Å². The number of carbonyl (C=O) groups is 2. The van der Waals surface area contributed by atoms with E-state index in [4.69, 9.17) is 9.47 Å². The van der Waals surface area contributed by atoms with Crippen molar-refractivity contribution in [2.45, 2.75) is 37.9 Å². The molecular formula is C25H27N3O5. The lowest BCUT2D eigenvalue weighted by atomic mass is 9.97. The Balaban J connectivity index is 1.52. The number of ether oxygens (including phenoxy) is 2. The highest BCUT2D eigenvalue weighted by Crippen LogP contribution is 2.38. The summed E-state index contributed by atoms with van der Waals surface area (Å²) >= 11 is 0. The van der Waals surface area contributed by atoms with Crippen LogP contribution in [0.15, 0.2) is 42.6 Å². The normalized spacial score (nSPS) is 20.4. The van der Waals surface area contributed by atoms with E-state index >= 15 is 0 Å². The molecule has 0 radical (unpaired) electrons. The fraction of sp³-hybridized carbons (Fsp3) is 0.360. The molecule has 8 nitrogen and oxygen atoms in total. The Morgan fingerprint density at radius 2 is 1.82 bits per heavy atom. The summed E-state index contributed by atoms with van der Waals surface area (Å²) in [4.78, 5) is 33.8. The number of carbonyl (C=O) groups excluding carboxylic acids is 2. The number of nitrogens with zero attached hydrogens (tertiary/aromatic N) is 2. The topological polar surface area (TPSA) is 95.1 Å². The second kappa shape index (κ2) is 8.35. The number of rotatable bonds is 6. The van der Waals surface area contributed by atoms with Gasteiger partial charge in [-0.3, -0.25) is 9.59 Å². The molecule has 172 valence electrons. The Labute approximate surface area is 191 Å². The fourth-order valence-electron chi connectivity index (χ4n) is 5.09. The zero-order chi connectivity index (χ0) is 23.1. The number of aromatic nitrogens is 1. The van der Waals surface area contributed by atoms with Crippen LogP contribution >= 0.6 is 0 Å². The monoisotopic (exact) mass is 449 g/mol. The van der Waals surface area contributed by atoms with Crippen molar-refractivity contribution in [3.8, 4) is 17.2 Å². The van der Waals surface area contributed by atoms with Gasteiger partial charge in [-0.2, -0.15) is 0 Å². The van der Waals surface area contributed by atoms with Gasteiger partial charge in [0.05, 0.1) is 14.2 Å². The van der Waals surface area contributed by atoms with Crippen molar-refractivity contribution in [3.63, 3.8) is 0 Å². The largest absolute Gasteiger partial charge is 0.502 e. The van der Waals surface area contributed by atoms with E-state index < -0.39 is 12.1 Å². The average molecular weight is 450 g/mol. The molecule has 0 saturated carbocycles. The number of methoxy groups -OCH3 is 2. The van der Waals surface area contributed by atoms with E-state index in [0.29, 0.717) is 19.4 Å². The highest BCUT2D eigenvalue weighted by Gasteiger charge is 2.47. The summed E-state index contributed by atoms with van der Waals surface area (Å²) in [6, 6.07) is 10.3. The van der Waals surface area contributed by atoms with E-state index in [1.165, 1.54) is 14.2 Å². The van der Waals surface area contributed by atoms with Gasteiger partial charge >= 0.3 is 0 Å². The van der Waals surface area contributed by atoms with Crippen LogP contribution in [0.3, 0.4) is 0 Å². The summed E-state index contributed by atoms with van der Waals surface area (Å²) in [5.41, 5.74) is 2.72. The van der Waals surface area contributed by atoms with Crippen LogP contribution in [-0.2, 0) is 22.6 Å². The summed E-state index contributed by atoms with van der Waals surface area (Å²) in [5, 5.41) is 11.3. The first-order chi connectivity index (χ1) is 16.0. The van der Waals surface area contributed by atoms with Crippen molar-refractivity contribution in [2.24, 2.45) is 0 Å². The number of amides is 2. The van der Waals surface area contributed by atoms with Crippen LogP contribution in [-0.4, -0.2) is 64.6 Å². The molecule has 0 unspecified atom stereocenters. The predicted molar refractivity (Wildman–Crippen MR) is 122 cm³/mol. The molecule has 0 bridgehead atoms. The molecule has 2 amide bonds. The number of H-pyrrole nitrogens is 1. The Bertz CT molecular complexity index is 1190. The van der Waals surface area contributed by atoms with Crippen molar-refractivity contribution in [3.05, 3.63) is 53.7 Å². The van der Waals surface area contributed by atoms with Crippen LogP contribution in [0.25, 0.3) is 10.9 Å². The van der Waals surface area contributed by atoms with Crippen LogP contribution in [0.4, 0.5) is 0 Å². The van der Waals surface area contributed by atoms with Gasteiger partial charge < -0.3 is 29.4 Å². The lowest BCUT2D eigenvalue weighted by Crippen LogP contribution is -2.63. The van der Waals surface area contributed by atoms with E-state index in [0.717, 1.165) is 28.5 Å². The van der Waals surface area contributed by atoms with E-state index in [1.807, 2.05) is 30.5 Å². The second-order valence-corrected chi connectivity index (χ2v) is 8.58. The van der Waals surface area contributed by atoms with Crippen molar-refractivity contribution in [1.82, 2.24) is 14.8 Å². The third-order valence-electron chi connectivity index (χ3n) is 6.75. The van der Waals surface area contributed by atoms with Crippen LogP contribution in [0.2, 0.25) is 0 Å². The summed E-state index contributed by atoms with van der Waals surface area (Å²) < 4.78 is 10.6. The minimum absolute atomic E-state index is 0.0138. The molecule has 0 aliphatic carbocycles. The Morgan fingerprint density at radius 1 is 1.09 bits per heavy atom. The smallest absolute Gasteiger partial charge is 0.246 e. The average Bonchev–Trinajstić information content (AvgIpc) is 3.48. The SMILES string of the molecule is COc1cc(CN2C(=O)[C@@H]3CCCN3C(=O)[C@@H]2Cc2c[nH]c3ccccc23)cc(OC)c1O. The second-order valence-electron chi connectivity index (χ2n) is 8.58. The molecule has 2 aromatic carbocycles. The zero-order valence-electron chi connectivity index (χ0n) is 18.7. The molecule has 2 aliphatic heterocycles. The molecule has 2 N–H and O–H groups in total. The van der Waals surface area contributed by atoms with Gasteiger partial charge in [-0.15, -0.1) is 0 Å². The highest BCUT2D eigenvalue weighted by molar-refractivity contribution is 5.98. The van der Waals surface area contributed by atoms with Crippen LogP contribution in [0, 0.1) is 0 Å². The number of nitrogens with one attached hydrogen (secondary N) is 1. The molecule has 5 rings (SSSR count). The Morgan fingerprint density at radius 3 is 2.55 bits per heavy atom. The number of fused-ring (bicyclic) bond motifs is 2. The summed E-state index contributed by atoms with van der Waals surface area (Å²) in [5.74, 6) is 0.372. The maximum Gasteiger partial charge on any atom is 0.246 e. The Hall–Kier alpha value is -3.68. The quantitative estimate of drug-likeness (QED) is 0.604. The molecule has 2 fully saturated rings. The predicted octanol–water partition coefficient (Wildman–Crippen LogP) is 2.84. The van der Waals surface area contributed by atoms with E-state index in [2.05, 4.69) is 4.98 Å². The fourth-order valence-corrected chi connectivity index (χ4v) is 5.09. The molecule has 3 aromatic rings. The van der Waals surface area contributed by atoms with Gasteiger partial charge in [0.25, 0.3) is 0 Å². The number of hydrogen-bond donors (Lipinski definition) is 2. The van der Waals surface area contributed by atoms with Crippen molar-refractivity contribution >= 4 is 22.7 Å². The van der Waals surface area contributed by atoms with Gasteiger partial charge in [0.15, 0.2) is 11.5 Å². The first-order valence-corrected chi connectivity index (χ1v) is 11.1. The first kappa shape index (κ1) is 21.2. The minimum Gasteiger partial charge on any atom is -0.502 e. The number of aromatic hydroxyl groups is 1. The molecule has 3 heterocycles. The standard InChI is InChI=1S/C25H27N3O5/c1-32-21-10-15(11-22(33-2)23(21)29)14-28-20(25(31)27-9-5-8-19(27)24(28)30)12-16-13-26-18-7-4-3-6-17(16)18/h3-4,6-7,10-11,13,19-20,26,29H,5,8-9,12,14H2,1-2H3/t19-,20-/m0/s1. The molecule has 2 atom stereocenters. The van der Waals surface area contributed by atoms with Gasteiger partial charge in [0, 0.05) is 36.6 Å². The molecule has 2 aliphatic rings. The lowest BCUT2D eigenvalue weighted by molar-refractivity contribution is -0.160. The van der Waals surface area contributed by atoms with E-state index in [-0.39, 0.29) is 35.6 Å². The van der Waals surface area contributed by atoms with Gasteiger partial charge in [0.1, 0.15) is 12.1 Å². The Kier molecular flexibility index (Phi) is 5.36. The molecule has 0 spiro atoms. The van der Waals surface area contributed by atoms with Gasteiger partial charge in [-0.1, -0.05) is 18.2 Å². The third kappa shape index (κ3) is 3.55. The number of para-hydroxylation sites is 1. The number of benzene rings is 2. The van der Waals surface area contributed by atoms with Gasteiger partial charge in [-0.25, -0.2) is 0 Å². The first-order valence-electron chi connectivity index (χ1n) is 11.1. The van der Waals surface area contributed by atoms with Crippen LogP contribution in [0.1, 0.15) is 24.0 Å². The summed E-state index contributed by atoms with van der Waals surface area (Å²) in [6.07, 6.45) is 3.85. The van der Waals surface area contributed by atoms with Crippen LogP contribution in [0.5, 0.6) is 17.2 Å². The lowest BCUT2D eigenvalue weighted by Gasteiger charge is -2.42. The number of piperazine rings is 1. The molecule has 8 heteroatoms. The molecule has 33 heavy (non-hydrogen) atoms. The highest BCUT2D eigenvalue weighted by atomic mass is 16.5. The van der Waals surface area contributed by atoms with Crippen molar-refractivity contribution in [1.29, 1.82) is 0 Å². The molecular weight excluding hydrogens is 422 g/mol. The van der Waals surface area contributed by atoms with E-state index in [1.54, 1.807) is 21.9 Å². The van der Waals surface area contributed by atoms with Crippen LogP contribution < -0.4 is 9.47 Å². The number of phenols is 1. The summed E-state index contributed by atoms with van der Waals surface area (Å²) in [6.45, 7) is 0.837. The maximum absolute atomic E-state index is 13.5. The van der Waals surface area contributed by atoms with Crippen molar-refractivity contribution < 1.29 is 24.2 Å². The molecule has 1 aromatic heterocycles. The maximum atomic E-state index is 13.5.